The highest BCUT2D eigenvalue weighted by atomic mass is 16.5. The molecule has 0 heterocycles. The lowest BCUT2D eigenvalue weighted by atomic mass is 10.1. The molecule has 0 atom stereocenters. The highest BCUT2D eigenvalue weighted by Crippen LogP contribution is 2.29. The summed E-state index contributed by atoms with van der Waals surface area (Å²) >= 11 is 0. The van der Waals surface area contributed by atoms with Crippen molar-refractivity contribution >= 4 is 12.0 Å². The van der Waals surface area contributed by atoms with Crippen molar-refractivity contribution in [1.29, 1.82) is 5.26 Å². The Labute approximate surface area is 166 Å². The van der Waals surface area contributed by atoms with Crippen LogP contribution in [0.1, 0.15) is 37.0 Å². The van der Waals surface area contributed by atoms with E-state index in [0.29, 0.717) is 36.8 Å². The molecule has 1 N–H and O–H groups in total. The van der Waals surface area contributed by atoms with Gasteiger partial charge in [-0.15, -0.1) is 0 Å². The Morgan fingerprint density at radius 2 is 1.86 bits per heavy atom. The first-order valence-corrected chi connectivity index (χ1v) is 9.42. The molecule has 1 amide bonds. The number of hydrogen-bond acceptors (Lipinski definition) is 4. The van der Waals surface area contributed by atoms with E-state index in [9.17, 15) is 10.1 Å². The van der Waals surface area contributed by atoms with Crippen LogP contribution in [0.15, 0.2) is 48.0 Å². The lowest BCUT2D eigenvalue weighted by Crippen LogP contribution is -2.23. The average molecular weight is 378 g/mol. The monoisotopic (exact) mass is 378 g/mol. The van der Waals surface area contributed by atoms with Crippen LogP contribution in [0.5, 0.6) is 11.5 Å². The molecular weight excluding hydrogens is 352 g/mol. The molecule has 0 aliphatic carbocycles. The third-order valence-corrected chi connectivity index (χ3v) is 3.98. The SMILES string of the molecule is CCCOc1ccc(/C=C(\C#N)C(=O)NCc2ccc(C)cc2)cc1OCC. The largest absolute Gasteiger partial charge is 0.490 e. The Morgan fingerprint density at radius 3 is 2.50 bits per heavy atom. The second-order valence-electron chi connectivity index (χ2n) is 6.33. The van der Waals surface area contributed by atoms with E-state index in [4.69, 9.17) is 9.47 Å². The Bertz CT molecular complexity index is 864. The van der Waals surface area contributed by atoms with Crippen molar-refractivity contribution in [3.8, 4) is 17.6 Å². The maximum absolute atomic E-state index is 12.4. The highest BCUT2D eigenvalue weighted by Gasteiger charge is 2.11. The van der Waals surface area contributed by atoms with E-state index in [1.165, 1.54) is 0 Å². The van der Waals surface area contributed by atoms with Crippen molar-refractivity contribution in [2.24, 2.45) is 0 Å². The van der Waals surface area contributed by atoms with Crippen LogP contribution in [0.2, 0.25) is 0 Å². The molecule has 0 aliphatic rings. The van der Waals surface area contributed by atoms with Crippen molar-refractivity contribution in [3.63, 3.8) is 0 Å². The Morgan fingerprint density at radius 1 is 1.11 bits per heavy atom. The molecule has 5 heteroatoms. The van der Waals surface area contributed by atoms with Gasteiger partial charge in [0.05, 0.1) is 13.2 Å². The van der Waals surface area contributed by atoms with Gasteiger partial charge >= 0.3 is 0 Å². The molecule has 0 radical (unpaired) electrons. The van der Waals surface area contributed by atoms with Gasteiger partial charge in [-0.05, 0) is 49.6 Å². The molecule has 2 aromatic rings. The predicted molar refractivity (Wildman–Crippen MR) is 110 cm³/mol. The van der Waals surface area contributed by atoms with E-state index in [2.05, 4.69) is 5.32 Å². The minimum absolute atomic E-state index is 0.0387. The van der Waals surface area contributed by atoms with Gasteiger partial charge in [-0.1, -0.05) is 42.8 Å². The number of carbonyl (C=O) groups is 1. The average Bonchev–Trinajstić information content (AvgIpc) is 2.71. The van der Waals surface area contributed by atoms with Crippen molar-refractivity contribution in [1.82, 2.24) is 5.32 Å². The smallest absolute Gasteiger partial charge is 0.262 e. The van der Waals surface area contributed by atoms with Gasteiger partial charge in [0.25, 0.3) is 5.91 Å². The van der Waals surface area contributed by atoms with Crippen LogP contribution in [-0.4, -0.2) is 19.1 Å². The number of amides is 1. The maximum atomic E-state index is 12.4. The second kappa shape index (κ2) is 10.8. The standard InChI is InChI=1S/C23H26N2O3/c1-4-12-28-21-11-10-19(14-22(21)27-5-2)13-20(15-24)23(26)25-16-18-8-6-17(3)7-9-18/h6-11,13-14H,4-5,12,16H2,1-3H3,(H,25,26)/b20-13+. The molecule has 0 unspecified atom stereocenters. The quantitative estimate of drug-likeness (QED) is 0.518. The molecule has 0 saturated carbocycles. The molecule has 0 spiro atoms. The number of ether oxygens (including phenoxy) is 2. The van der Waals surface area contributed by atoms with E-state index in [-0.39, 0.29) is 5.57 Å². The minimum atomic E-state index is -0.410. The molecule has 0 aromatic heterocycles. The van der Waals surface area contributed by atoms with Crippen molar-refractivity contribution < 1.29 is 14.3 Å². The number of benzene rings is 2. The van der Waals surface area contributed by atoms with Gasteiger partial charge in [0.1, 0.15) is 11.6 Å². The molecule has 0 aliphatic heterocycles. The van der Waals surface area contributed by atoms with Crippen LogP contribution >= 0.6 is 0 Å². The first kappa shape index (κ1) is 21.0. The summed E-state index contributed by atoms with van der Waals surface area (Å²) < 4.78 is 11.3. The third-order valence-electron chi connectivity index (χ3n) is 3.98. The second-order valence-corrected chi connectivity index (χ2v) is 6.33. The Balaban J connectivity index is 2.13. The van der Waals surface area contributed by atoms with E-state index in [0.717, 1.165) is 17.5 Å². The van der Waals surface area contributed by atoms with Gasteiger partial charge in [-0.25, -0.2) is 0 Å². The number of hydrogen-bond donors (Lipinski definition) is 1. The number of nitriles is 1. The summed E-state index contributed by atoms with van der Waals surface area (Å²) in [7, 11) is 0. The van der Waals surface area contributed by atoms with Crippen LogP contribution in [-0.2, 0) is 11.3 Å². The molecule has 2 rings (SSSR count). The van der Waals surface area contributed by atoms with Gasteiger partial charge < -0.3 is 14.8 Å². The van der Waals surface area contributed by atoms with Gasteiger partial charge in [0.15, 0.2) is 11.5 Å². The topological polar surface area (TPSA) is 71.3 Å². The predicted octanol–water partition coefficient (Wildman–Crippen LogP) is 4.41. The molecule has 0 fully saturated rings. The summed E-state index contributed by atoms with van der Waals surface area (Å²) in [4.78, 5) is 12.4. The molecule has 28 heavy (non-hydrogen) atoms. The van der Waals surface area contributed by atoms with Crippen molar-refractivity contribution in [2.75, 3.05) is 13.2 Å². The first-order valence-electron chi connectivity index (χ1n) is 9.42. The zero-order valence-electron chi connectivity index (χ0n) is 16.6. The fraction of sp³-hybridized carbons (Fsp3) is 0.304. The normalized spacial score (nSPS) is 10.9. The summed E-state index contributed by atoms with van der Waals surface area (Å²) in [5.74, 6) is 0.845. The third kappa shape index (κ3) is 6.17. The van der Waals surface area contributed by atoms with E-state index < -0.39 is 5.91 Å². The number of aryl methyl sites for hydroxylation is 1. The number of carbonyl (C=O) groups excluding carboxylic acids is 1. The van der Waals surface area contributed by atoms with Crippen molar-refractivity contribution in [3.05, 3.63) is 64.7 Å². The van der Waals surface area contributed by atoms with E-state index >= 15 is 0 Å². The zero-order valence-corrected chi connectivity index (χ0v) is 16.6. The molecular formula is C23H26N2O3. The van der Waals surface area contributed by atoms with Gasteiger partial charge in [-0.2, -0.15) is 5.26 Å². The van der Waals surface area contributed by atoms with Crippen LogP contribution in [0, 0.1) is 18.3 Å². The van der Waals surface area contributed by atoms with E-state index in [1.54, 1.807) is 24.3 Å². The van der Waals surface area contributed by atoms with Crippen LogP contribution < -0.4 is 14.8 Å². The summed E-state index contributed by atoms with van der Waals surface area (Å²) in [6.07, 6.45) is 2.45. The highest BCUT2D eigenvalue weighted by molar-refractivity contribution is 6.01. The number of nitrogens with one attached hydrogen (secondary N) is 1. The molecule has 2 aromatic carbocycles. The Kier molecular flexibility index (Phi) is 8.11. The lowest BCUT2D eigenvalue weighted by molar-refractivity contribution is -0.117. The summed E-state index contributed by atoms with van der Waals surface area (Å²) in [6.45, 7) is 7.40. The number of nitrogens with zero attached hydrogens (tertiary/aromatic N) is 1. The fourth-order valence-electron chi connectivity index (χ4n) is 2.51. The van der Waals surface area contributed by atoms with Crippen LogP contribution in [0.4, 0.5) is 0 Å². The van der Waals surface area contributed by atoms with Gasteiger partial charge in [0, 0.05) is 6.54 Å². The van der Waals surface area contributed by atoms with Crippen LogP contribution in [0.25, 0.3) is 6.08 Å². The molecule has 5 nitrogen and oxygen atoms in total. The molecule has 0 bridgehead atoms. The Hall–Kier alpha value is -3.26. The van der Waals surface area contributed by atoms with E-state index in [1.807, 2.05) is 51.1 Å². The van der Waals surface area contributed by atoms with Gasteiger partial charge in [0.2, 0.25) is 0 Å². The zero-order chi connectivity index (χ0) is 20.4. The maximum Gasteiger partial charge on any atom is 0.262 e. The van der Waals surface area contributed by atoms with Gasteiger partial charge in [-0.3, -0.25) is 4.79 Å². The van der Waals surface area contributed by atoms with Crippen LogP contribution in [0.3, 0.4) is 0 Å². The van der Waals surface area contributed by atoms with Crippen molar-refractivity contribution in [2.45, 2.75) is 33.7 Å². The number of rotatable bonds is 9. The minimum Gasteiger partial charge on any atom is -0.490 e. The molecule has 146 valence electrons. The summed E-state index contributed by atoms with van der Waals surface area (Å²) in [6, 6.07) is 15.2. The molecule has 0 saturated heterocycles. The lowest BCUT2D eigenvalue weighted by Gasteiger charge is -2.12. The first-order chi connectivity index (χ1) is 13.6. The fourth-order valence-corrected chi connectivity index (χ4v) is 2.51. The summed E-state index contributed by atoms with van der Waals surface area (Å²) in [5.41, 5.74) is 2.88. The summed E-state index contributed by atoms with van der Waals surface area (Å²) in [5, 5.41) is 12.2.